The second-order valence-corrected chi connectivity index (χ2v) is 6.19. The molecule has 21 heavy (non-hydrogen) atoms. The Balaban J connectivity index is 1.88. The lowest BCUT2D eigenvalue weighted by atomic mass is 10.0. The van der Waals surface area contributed by atoms with Gasteiger partial charge in [0.15, 0.2) is 0 Å². The molecule has 3 nitrogen and oxygen atoms in total. The van der Waals surface area contributed by atoms with E-state index >= 15 is 0 Å². The zero-order valence-corrected chi connectivity index (χ0v) is 13.3. The average Bonchev–Trinajstić information content (AvgIpc) is 2.96. The van der Waals surface area contributed by atoms with Crippen LogP contribution < -0.4 is 5.73 Å². The van der Waals surface area contributed by atoms with Crippen molar-refractivity contribution in [3.05, 3.63) is 34.9 Å². The average molecular weight is 309 g/mol. The summed E-state index contributed by atoms with van der Waals surface area (Å²) in [5, 5.41) is 0.744. The Bertz CT molecular complexity index is 464. The third kappa shape index (κ3) is 4.72. The molecule has 1 aromatic rings. The number of unbranched alkanes of at least 4 members (excludes halogenated alkanes) is 3. The molecule has 1 aliphatic heterocycles. The van der Waals surface area contributed by atoms with Gasteiger partial charge in [0.1, 0.15) is 0 Å². The lowest BCUT2D eigenvalue weighted by Crippen LogP contribution is -2.30. The van der Waals surface area contributed by atoms with Gasteiger partial charge in [-0.25, -0.2) is 0 Å². The number of nitrogens with two attached hydrogens (primary N) is 1. The van der Waals surface area contributed by atoms with Crippen LogP contribution in [0.3, 0.4) is 0 Å². The number of likely N-dealkylation sites (tertiary alicyclic amines) is 1. The lowest BCUT2D eigenvalue weighted by molar-refractivity contribution is -0.132. The zero-order valence-electron chi connectivity index (χ0n) is 12.6. The molecule has 2 N–H and O–H groups in total. The molecule has 4 heteroatoms. The van der Waals surface area contributed by atoms with Crippen LogP contribution in [0.5, 0.6) is 0 Å². The number of hydrogen-bond acceptors (Lipinski definition) is 2. The monoisotopic (exact) mass is 308 g/mol. The van der Waals surface area contributed by atoms with Crippen LogP contribution >= 0.6 is 11.6 Å². The summed E-state index contributed by atoms with van der Waals surface area (Å²) < 4.78 is 0. The molecule has 1 fully saturated rings. The van der Waals surface area contributed by atoms with Crippen molar-refractivity contribution in [2.75, 3.05) is 13.1 Å². The highest BCUT2D eigenvalue weighted by Gasteiger charge is 2.29. The van der Waals surface area contributed by atoms with Crippen molar-refractivity contribution >= 4 is 17.5 Å². The summed E-state index contributed by atoms with van der Waals surface area (Å²) in [5.41, 5.74) is 6.64. The van der Waals surface area contributed by atoms with Gasteiger partial charge in [-0.15, -0.1) is 0 Å². The first-order valence-corrected chi connectivity index (χ1v) is 8.35. The maximum atomic E-state index is 12.4. The van der Waals surface area contributed by atoms with Gasteiger partial charge in [-0.05, 0) is 49.9 Å². The van der Waals surface area contributed by atoms with Crippen molar-refractivity contribution in [1.82, 2.24) is 4.90 Å². The second-order valence-electron chi connectivity index (χ2n) is 5.75. The van der Waals surface area contributed by atoms with Crippen LogP contribution in [0.4, 0.5) is 0 Å². The second kappa shape index (κ2) is 8.40. The van der Waals surface area contributed by atoms with Crippen molar-refractivity contribution in [3.8, 4) is 0 Å². The Hall–Kier alpha value is -1.06. The van der Waals surface area contributed by atoms with Gasteiger partial charge in [0.05, 0.1) is 6.04 Å². The van der Waals surface area contributed by atoms with Gasteiger partial charge in [0.2, 0.25) is 5.91 Å². The Morgan fingerprint density at radius 2 is 2.10 bits per heavy atom. The number of carbonyl (C=O) groups is 1. The highest BCUT2D eigenvalue weighted by molar-refractivity contribution is 6.30. The smallest absolute Gasteiger partial charge is 0.223 e. The van der Waals surface area contributed by atoms with E-state index in [4.69, 9.17) is 17.3 Å². The summed E-state index contributed by atoms with van der Waals surface area (Å²) in [4.78, 5) is 14.5. The summed E-state index contributed by atoms with van der Waals surface area (Å²) in [6.07, 6.45) is 7.03. The molecule has 1 aliphatic rings. The van der Waals surface area contributed by atoms with Crippen molar-refractivity contribution in [1.29, 1.82) is 0 Å². The minimum Gasteiger partial charge on any atom is -0.336 e. The fourth-order valence-corrected chi connectivity index (χ4v) is 3.24. The Labute approximate surface area is 132 Å². The van der Waals surface area contributed by atoms with E-state index < -0.39 is 0 Å². The molecule has 0 bridgehead atoms. The quantitative estimate of drug-likeness (QED) is 0.776. The van der Waals surface area contributed by atoms with Gasteiger partial charge in [-0.3, -0.25) is 4.79 Å². The van der Waals surface area contributed by atoms with E-state index in [1.54, 1.807) is 0 Å². The molecule has 1 aromatic carbocycles. The van der Waals surface area contributed by atoms with Gasteiger partial charge >= 0.3 is 0 Å². The maximum absolute atomic E-state index is 12.4. The molecule has 1 amide bonds. The first-order valence-electron chi connectivity index (χ1n) is 7.97. The third-order valence-electron chi connectivity index (χ3n) is 4.15. The zero-order chi connectivity index (χ0) is 15.1. The molecule has 0 spiro atoms. The fourth-order valence-electron chi connectivity index (χ4n) is 3.04. The van der Waals surface area contributed by atoms with Crippen LogP contribution in [0, 0.1) is 0 Å². The van der Waals surface area contributed by atoms with Gasteiger partial charge < -0.3 is 10.6 Å². The lowest BCUT2D eigenvalue weighted by Gasteiger charge is -2.25. The predicted molar refractivity (Wildman–Crippen MR) is 87.3 cm³/mol. The fraction of sp³-hybridized carbons (Fsp3) is 0.588. The van der Waals surface area contributed by atoms with E-state index in [9.17, 15) is 4.79 Å². The van der Waals surface area contributed by atoms with E-state index in [0.717, 1.165) is 62.2 Å². The third-order valence-corrected chi connectivity index (χ3v) is 4.39. The molecular formula is C17H25ClN2O. The van der Waals surface area contributed by atoms with E-state index in [2.05, 4.69) is 6.07 Å². The number of halogens is 1. The molecule has 0 radical (unpaired) electrons. The van der Waals surface area contributed by atoms with Crippen LogP contribution in [0.25, 0.3) is 0 Å². The summed E-state index contributed by atoms with van der Waals surface area (Å²) in [6.45, 7) is 1.62. The maximum Gasteiger partial charge on any atom is 0.223 e. The molecule has 116 valence electrons. The first kappa shape index (κ1) is 16.3. The van der Waals surface area contributed by atoms with Crippen LogP contribution in [-0.2, 0) is 4.79 Å². The Morgan fingerprint density at radius 1 is 1.29 bits per heavy atom. The van der Waals surface area contributed by atoms with Crippen LogP contribution in [-0.4, -0.2) is 23.9 Å². The van der Waals surface area contributed by atoms with Crippen LogP contribution in [0.2, 0.25) is 5.02 Å². The number of rotatable bonds is 7. The van der Waals surface area contributed by atoms with Gasteiger partial charge in [-0.1, -0.05) is 36.6 Å². The first-order chi connectivity index (χ1) is 10.2. The standard InChI is InChI=1S/C17H25ClN2O/c18-15-8-5-7-14(13-15)16-9-6-12-20(16)17(21)10-3-1-2-4-11-19/h5,7-8,13,16H,1-4,6,9-12,19H2. The molecule has 1 atom stereocenters. The Morgan fingerprint density at radius 3 is 2.86 bits per heavy atom. The summed E-state index contributed by atoms with van der Waals surface area (Å²) >= 11 is 6.07. The minimum absolute atomic E-state index is 0.209. The SMILES string of the molecule is NCCCCCCC(=O)N1CCCC1c1cccc(Cl)c1. The predicted octanol–water partition coefficient (Wildman–Crippen LogP) is 3.91. The van der Waals surface area contributed by atoms with Crippen LogP contribution in [0.15, 0.2) is 24.3 Å². The number of benzene rings is 1. The molecule has 1 saturated heterocycles. The summed E-state index contributed by atoms with van der Waals surface area (Å²) in [5.74, 6) is 0.283. The minimum atomic E-state index is 0.209. The molecule has 0 aromatic heterocycles. The molecule has 0 aliphatic carbocycles. The van der Waals surface area contributed by atoms with Crippen molar-refractivity contribution in [3.63, 3.8) is 0 Å². The number of amides is 1. The van der Waals surface area contributed by atoms with Gasteiger partial charge in [0, 0.05) is 18.0 Å². The molecule has 1 heterocycles. The van der Waals surface area contributed by atoms with Crippen molar-refractivity contribution in [2.45, 2.75) is 51.0 Å². The van der Waals surface area contributed by atoms with Gasteiger partial charge in [-0.2, -0.15) is 0 Å². The van der Waals surface area contributed by atoms with E-state index in [0.29, 0.717) is 6.42 Å². The summed E-state index contributed by atoms with van der Waals surface area (Å²) in [6, 6.07) is 8.11. The Kier molecular flexibility index (Phi) is 6.52. The largest absolute Gasteiger partial charge is 0.336 e. The van der Waals surface area contributed by atoms with Crippen molar-refractivity contribution in [2.24, 2.45) is 5.73 Å². The highest BCUT2D eigenvalue weighted by atomic mass is 35.5. The molecule has 2 rings (SSSR count). The van der Waals surface area contributed by atoms with E-state index in [1.165, 1.54) is 0 Å². The number of hydrogen-bond donors (Lipinski definition) is 1. The van der Waals surface area contributed by atoms with E-state index in [-0.39, 0.29) is 11.9 Å². The molecule has 1 unspecified atom stereocenters. The number of nitrogens with zero attached hydrogens (tertiary/aromatic N) is 1. The van der Waals surface area contributed by atoms with Crippen molar-refractivity contribution < 1.29 is 4.79 Å². The van der Waals surface area contributed by atoms with Gasteiger partial charge in [0.25, 0.3) is 0 Å². The number of carbonyl (C=O) groups excluding carboxylic acids is 1. The summed E-state index contributed by atoms with van der Waals surface area (Å²) in [7, 11) is 0. The van der Waals surface area contributed by atoms with Crippen LogP contribution in [0.1, 0.15) is 56.6 Å². The molecule has 0 saturated carbocycles. The molecular weight excluding hydrogens is 284 g/mol. The normalized spacial score (nSPS) is 18.2. The van der Waals surface area contributed by atoms with E-state index in [1.807, 2.05) is 23.1 Å². The highest BCUT2D eigenvalue weighted by Crippen LogP contribution is 2.33. The topological polar surface area (TPSA) is 46.3 Å².